The molecule has 2 aromatic heterocycles. The summed E-state index contributed by atoms with van der Waals surface area (Å²) >= 11 is 0. The second-order valence-corrected chi connectivity index (χ2v) is 15.1. The Morgan fingerprint density at radius 1 is 0.571 bits per heavy atom. The number of nitrogens with zero attached hydrogens (tertiary/aromatic N) is 4. The Morgan fingerprint density at radius 3 is 1.54 bits per heavy atom. The van der Waals surface area contributed by atoms with Crippen molar-refractivity contribution in [3.63, 3.8) is 0 Å². The molecule has 0 aliphatic rings. The van der Waals surface area contributed by atoms with Crippen LogP contribution in [0.3, 0.4) is 0 Å². The van der Waals surface area contributed by atoms with Gasteiger partial charge < -0.3 is 24.3 Å². The summed E-state index contributed by atoms with van der Waals surface area (Å²) in [6.07, 6.45) is 14.0. The fraction of sp³-hybridized carbons (Fsp3) is 0.479. The van der Waals surface area contributed by atoms with Crippen LogP contribution in [0.25, 0.3) is 34.3 Å². The predicted molar refractivity (Wildman–Crippen MR) is 229 cm³/mol. The molecule has 2 heterocycles. The maximum absolute atomic E-state index is 12.0. The van der Waals surface area contributed by atoms with Crippen LogP contribution < -0.4 is 9.47 Å². The van der Waals surface area contributed by atoms with Crippen molar-refractivity contribution in [2.75, 3.05) is 13.2 Å². The fourth-order valence-electron chi connectivity index (χ4n) is 7.33. The zero-order valence-corrected chi connectivity index (χ0v) is 34.7. The minimum absolute atomic E-state index is 0.113. The molecule has 0 spiro atoms. The maximum Gasteiger partial charge on any atom is 0.180 e. The summed E-state index contributed by atoms with van der Waals surface area (Å²) in [6, 6.07) is 21.9. The standard InChI is InChI=1S/C48H64N4O4/c1-7-13-21-34(11-5)32-55-42-28-26-39(44(53)37(42)19-9-3)46-49-47(51-48(50-46)41-25-18-30-52(41)31-36-23-16-15-17-24-36)40-27-29-43(38(20-10-4)45(40)54)56-33-35(12-6)22-14-8-2/h15-18,23-30,34-35,53-54H,7-14,19-22,31-33H2,1-6H3. The molecule has 0 saturated heterocycles. The number of phenols is 2. The van der Waals surface area contributed by atoms with E-state index in [1.165, 1.54) is 12.8 Å². The van der Waals surface area contributed by atoms with Crippen molar-refractivity contribution in [2.45, 2.75) is 125 Å². The Kier molecular flexibility index (Phi) is 16.2. The summed E-state index contributed by atoms with van der Waals surface area (Å²) in [5, 5.41) is 24.0. The van der Waals surface area contributed by atoms with E-state index >= 15 is 0 Å². The quantitative estimate of drug-likeness (QED) is 0.0683. The van der Waals surface area contributed by atoms with Crippen LogP contribution in [0.5, 0.6) is 23.0 Å². The Morgan fingerprint density at radius 2 is 1.07 bits per heavy atom. The number of unbranched alkanes of at least 4 members (excludes halogenated alkanes) is 2. The van der Waals surface area contributed by atoms with Crippen molar-refractivity contribution in [1.82, 2.24) is 19.5 Å². The van der Waals surface area contributed by atoms with Gasteiger partial charge in [-0.05, 0) is 79.5 Å². The highest BCUT2D eigenvalue weighted by Gasteiger charge is 2.24. The zero-order chi connectivity index (χ0) is 39.9. The molecule has 2 unspecified atom stereocenters. The molecular formula is C48H64N4O4. The number of aromatic hydroxyl groups is 2. The SMILES string of the molecule is CCCCC(CC)COc1ccc(-c2nc(-c3ccc(OCC(CC)CCCC)c(CCC)c3O)nc(-c3cccn3Cc3ccccc3)n2)c(O)c1CCC. The summed E-state index contributed by atoms with van der Waals surface area (Å²) in [4.78, 5) is 15.0. The third kappa shape index (κ3) is 10.7. The normalized spacial score (nSPS) is 12.5. The molecule has 3 aromatic carbocycles. The van der Waals surface area contributed by atoms with Crippen molar-refractivity contribution < 1.29 is 19.7 Å². The van der Waals surface area contributed by atoms with Gasteiger partial charge in [-0.3, -0.25) is 0 Å². The first-order valence-corrected chi connectivity index (χ1v) is 21.3. The van der Waals surface area contributed by atoms with E-state index in [0.29, 0.717) is 84.5 Å². The minimum Gasteiger partial charge on any atom is -0.507 e. The van der Waals surface area contributed by atoms with Crippen molar-refractivity contribution >= 4 is 0 Å². The van der Waals surface area contributed by atoms with Gasteiger partial charge in [0.15, 0.2) is 17.5 Å². The summed E-state index contributed by atoms with van der Waals surface area (Å²) < 4.78 is 15.0. The van der Waals surface area contributed by atoms with Gasteiger partial charge in [0, 0.05) is 23.9 Å². The van der Waals surface area contributed by atoms with Crippen LogP contribution in [-0.4, -0.2) is 42.9 Å². The van der Waals surface area contributed by atoms with Crippen LogP contribution in [-0.2, 0) is 19.4 Å². The van der Waals surface area contributed by atoms with E-state index in [1.807, 2.05) is 60.8 Å². The van der Waals surface area contributed by atoms with Crippen LogP contribution >= 0.6 is 0 Å². The van der Waals surface area contributed by atoms with E-state index in [4.69, 9.17) is 24.4 Å². The lowest BCUT2D eigenvalue weighted by Crippen LogP contribution is -2.12. The maximum atomic E-state index is 12.0. The first-order chi connectivity index (χ1) is 27.3. The van der Waals surface area contributed by atoms with Gasteiger partial charge >= 0.3 is 0 Å². The smallest absolute Gasteiger partial charge is 0.180 e. The summed E-state index contributed by atoms with van der Waals surface area (Å²) in [5.74, 6) is 3.65. The van der Waals surface area contributed by atoms with Crippen LogP contribution in [0.15, 0.2) is 72.9 Å². The molecule has 0 aliphatic heterocycles. The molecule has 8 nitrogen and oxygen atoms in total. The molecule has 0 amide bonds. The summed E-state index contributed by atoms with van der Waals surface area (Å²) in [6.45, 7) is 14.9. The highest BCUT2D eigenvalue weighted by molar-refractivity contribution is 5.75. The molecular weight excluding hydrogens is 697 g/mol. The second-order valence-electron chi connectivity index (χ2n) is 15.1. The first kappa shape index (κ1) is 42.3. The van der Waals surface area contributed by atoms with Crippen LogP contribution in [0.1, 0.15) is 122 Å². The molecule has 300 valence electrons. The lowest BCUT2D eigenvalue weighted by Gasteiger charge is -2.20. The van der Waals surface area contributed by atoms with E-state index in [2.05, 4.69) is 58.2 Å². The van der Waals surface area contributed by atoms with E-state index < -0.39 is 0 Å². The minimum atomic E-state index is 0.113. The average molecular weight is 761 g/mol. The van der Waals surface area contributed by atoms with Gasteiger partial charge in [-0.15, -0.1) is 0 Å². The molecule has 0 aliphatic carbocycles. The van der Waals surface area contributed by atoms with Crippen molar-refractivity contribution in [2.24, 2.45) is 11.8 Å². The Hall–Kier alpha value is -4.85. The van der Waals surface area contributed by atoms with Gasteiger partial charge in [0.1, 0.15) is 23.0 Å². The van der Waals surface area contributed by atoms with Crippen molar-refractivity contribution in [3.05, 3.63) is 89.6 Å². The van der Waals surface area contributed by atoms with E-state index in [-0.39, 0.29) is 11.5 Å². The first-order valence-electron chi connectivity index (χ1n) is 21.3. The van der Waals surface area contributed by atoms with Crippen LogP contribution in [0.2, 0.25) is 0 Å². The molecule has 0 radical (unpaired) electrons. The number of ether oxygens (including phenoxy) is 2. The van der Waals surface area contributed by atoms with Gasteiger partial charge in [-0.1, -0.05) is 123 Å². The van der Waals surface area contributed by atoms with Crippen molar-refractivity contribution in [3.8, 4) is 57.3 Å². The molecule has 56 heavy (non-hydrogen) atoms. The van der Waals surface area contributed by atoms with E-state index in [1.54, 1.807) is 0 Å². The molecule has 0 saturated carbocycles. The Balaban J connectivity index is 1.61. The van der Waals surface area contributed by atoms with E-state index in [0.717, 1.165) is 73.8 Å². The van der Waals surface area contributed by atoms with Gasteiger partial charge in [0.05, 0.1) is 30.0 Å². The predicted octanol–water partition coefficient (Wildman–Crippen LogP) is 12.2. The molecule has 0 fully saturated rings. The van der Waals surface area contributed by atoms with Gasteiger partial charge in [0.25, 0.3) is 0 Å². The number of hydrogen-bond donors (Lipinski definition) is 2. The molecule has 5 rings (SSSR count). The molecule has 2 atom stereocenters. The topological polar surface area (TPSA) is 103 Å². The average Bonchev–Trinajstić information content (AvgIpc) is 3.68. The second kappa shape index (κ2) is 21.5. The molecule has 8 heteroatoms. The summed E-state index contributed by atoms with van der Waals surface area (Å²) in [5.41, 5.74) is 4.45. The van der Waals surface area contributed by atoms with Crippen LogP contribution in [0, 0.1) is 11.8 Å². The largest absolute Gasteiger partial charge is 0.507 e. The van der Waals surface area contributed by atoms with Crippen molar-refractivity contribution in [1.29, 1.82) is 0 Å². The monoisotopic (exact) mass is 760 g/mol. The zero-order valence-electron chi connectivity index (χ0n) is 34.7. The third-order valence-electron chi connectivity index (χ3n) is 10.9. The van der Waals surface area contributed by atoms with Gasteiger partial charge in [-0.2, -0.15) is 0 Å². The number of hydrogen-bond acceptors (Lipinski definition) is 7. The van der Waals surface area contributed by atoms with Crippen LogP contribution in [0.4, 0.5) is 0 Å². The van der Waals surface area contributed by atoms with E-state index in [9.17, 15) is 10.2 Å². The lowest BCUT2D eigenvalue weighted by molar-refractivity contribution is 0.230. The fourth-order valence-corrected chi connectivity index (χ4v) is 7.33. The lowest BCUT2D eigenvalue weighted by atomic mass is 9.99. The Bertz CT molecular complexity index is 1860. The third-order valence-corrected chi connectivity index (χ3v) is 10.9. The Labute approximate surface area is 335 Å². The number of phenolic OH excluding ortho intramolecular Hbond substituents is 2. The van der Waals surface area contributed by atoms with Gasteiger partial charge in [0.2, 0.25) is 0 Å². The number of benzene rings is 3. The summed E-state index contributed by atoms with van der Waals surface area (Å²) in [7, 11) is 0. The highest BCUT2D eigenvalue weighted by Crippen LogP contribution is 2.41. The van der Waals surface area contributed by atoms with Gasteiger partial charge in [-0.25, -0.2) is 15.0 Å². The molecule has 5 aromatic rings. The molecule has 0 bridgehead atoms. The number of rotatable bonds is 23. The highest BCUT2D eigenvalue weighted by atomic mass is 16.5. The molecule has 2 N–H and O–H groups in total. The number of aromatic nitrogens is 4.